The van der Waals surface area contributed by atoms with Crippen LogP contribution in [0.15, 0.2) is 42.6 Å². The van der Waals surface area contributed by atoms with Crippen molar-refractivity contribution >= 4 is 24.8 Å². The van der Waals surface area contributed by atoms with Crippen LogP contribution in [0.3, 0.4) is 0 Å². The van der Waals surface area contributed by atoms with Gasteiger partial charge in [-0.3, -0.25) is 4.98 Å². The highest BCUT2D eigenvalue weighted by atomic mass is 35.5. The van der Waals surface area contributed by atoms with Gasteiger partial charge >= 0.3 is 0 Å². The topological polar surface area (TPSA) is 46.2 Å². The molecule has 0 unspecified atom stereocenters. The van der Waals surface area contributed by atoms with Gasteiger partial charge in [0.05, 0.1) is 12.8 Å². The molecule has 0 aliphatic heterocycles. The normalized spacial score (nSPS) is 19.2. The van der Waals surface area contributed by atoms with Gasteiger partial charge in [-0.05, 0) is 63.1 Å². The predicted molar refractivity (Wildman–Crippen MR) is 113 cm³/mol. The zero-order valence-electron chi connectivity index (χ0n) is 15.4. The summed E-state index contributed by atoms with van der Waals surface area (Å²) in [7, 11) is 3.80. The van der Waals surface area contributed by atoms with E-state index < -0.39 is 0 Å². The summed E-state index contributed by atoms with van der Waals surface area (Å²) in [6.07, 6.45) is 6.79. The van der Waals surface area contributed by atoms with E-state index in [1.807, 2.05) is 30.5 Å². The molecular weight excluding hydrogens is 369 g/mol. The summed E-state index contributed by atoms with van der Waals surface area (Å²) >= 11 is 0. The third-order valence-corrected chi connectivity index (χ3v) is 4.96. The van der Waals surface area contributed by atoms with Gasteiger partial charge in [-0.1, -0.05) is 6.07 Å². The predicted octanol–water partition coefficient (Wildman–Crippen LogP) is 4.22. The Kier molecular flexibility index (Phi) is 9.96. The molecule has 26 heavy (non-hydrogen) atoms. The van der Waals surface area contributed by atoms with Crippen LogP contribution in [-0.4, -0.2) is 31.2 Å². The summed E-state index contributed by atoms with van der Waals surface area (Å²) < 4.78 is 5.54. The van der Waals surface area contributed by atoms with Crippen LogP contribution in [0, 0.1) is 0 Å². The standard InChI is InChI=1S/C20H27N3O.2ClH/c1-21-17-7-9-18(10-8-17)23-14-16-13-15(6-11-20(16)24-2)19-5-3-4-12-22-19;;/h3-6,11-13,17-18,21,23H,7-10,14H2,1-2H3;2*1H. The van der Waals surface area contributed by atoms with E-state index in [4.69, 9.17) is 4.74 Å². The van der Waals surface area contributed by atoms with Crippen LogP contribution in [-0.2, 0) is 6.54 Å². The number of ether oxygens (including phenoxy) is 1. The first-order valence-electron chi connectivity index (χ1n) is 8.79. The van der Waals surface area contributed by atoms with Gasteiger partial charge in [-0.15, -0.1) is 24.8 Å². The molecule has 1 aliphatic carbocycles. The monoisotopic (exact) mass is 397 g/mol. The number of benzene rings is 1. The Morgan fingerprint density at radius 3 is 2.38 bits per heavy atom. The van der Waals surface area contributed by atoms with Crippen molar-refractivity contribution in [2.24, 2.45) is 0 Å². The maximum Gasteiger partial charge on any atom is 0.123 e. The molecule has 2 N–H and O–H groups in total. The molecule has 2 aromatic rings. The lowest BCUT2D eigenvalue weighted by atomic mass is 9.91. The molecule has 144 valence electrons. The van der Waals surface area contributed by atoms with Crippen molar-refractivity contribution in [2.45, 2.75) is 44.3 Å². The van der Waals surface area contributed by atoms with Gasteiger partial charge < -0.3 is 15.4 Å². The van der Waals surface area contributed by atoms with Crippen LogP contribution in [0.5, 0.6) is 5.75 Å². The summed E-state index contributed by atoms with van der Waals surface area (Å²) in [6.45, 7) is 0.832. The average molecular weight is 398 g/mol. The molecular formula is C20H29Cl2N3O. The van der Waals surface area contributed by atoms with Crippen LogP contribution < -0.4 is 15.4 Å². The summed E-state index contributed by atoms with van der Waals surface area (Å²) in [5, 5.41) is 7.10. The summed E-state index contributed by atoms with van der Waals surface area (Å²) in [6, 6.07) is 13.6. The number of hydrogen-bond donors (Lipinski definition) is 2. The summed E-state index contributed by atoms with van der Waals surface area (Å²) in [5.41, 5.74) is 3.32. The maximum atomic E-state index is 5.54. The number of halogens is 2. The lowest BCUT2D eigenvalue weighted by Crippen LogP contribution is -2.38. The van der Waals surface area contributed by atoms with E-state index in [9.17, 15) is 0 Å². The van der Waals surface area contributed by atoms with Gasteiger partial charge in [0, 0.05) is 36.0 Å². The molecule has 6 heteroatoms. The molecule has 1 aromatic carbocycles. The van der Waals surface area contributed by atoms with Crippen molar-refractivity contribution < 1.29 is 4.74 Å². The van der Waals surface area contributed by atoms with Crippen molar-refractivity contribution in [3.05, 3.63) is 48.2 Å². The van der Waals surface area contributed by atoms with E-state index >= 15 is 0 Å². The van der Waals surface area contributed by atoms with Crippen LogP contribution in [0.4, 0.5) is 0 Å². The third kappa shape index (κ3) is 5.85. The average Bonchev–Trinajstić information content (AvgIpc) is 2.67. The second-order valence-corrected chi connectivity index (χ2v) is 6.46. The van der Waals surface area contributed by atoms with E-state index in [1.54, 1.807) is 7.11 Å². The highest BCUT2D eigenvalue weighted by Crippen LogP contribution is 2.26. The van der Waals surface area contributed by atoms with Crippen molar-refractivity contribution in [2.75, 3.05) is 14.2 Å². The highest BCUT2D eigenvalue weighted by molar-refractivity contribution is 5.85. The SMILES string of the molecule is CNC1CCC(NCc2cc(-c3ccccn3)ccc2OC)CC1.Cl.Cl. The molecule has 1 aromatic heterocycles. The van der Waals surface area contributed by atoms with Crippen LogP contribution in [0.25, 0.3) is 11.3 Å². The molecule has 0 atom stereocenters. The van der Waals surface area contributed by atoms with Crippen molar-refractivity contribution in [1.29, 1.82) is 0 Å². The second-order valence-electron chi connectivity index (χ2n) is 6.46. The Morgan fingerprint density at radius 2 is 1.77 bits per heavy atom. The minimum atomic E-state index is 0. The highest BCUT2D eigenvalue weighted by Gasteiger charge is 2.19. The fourth-order valence-corrected chi connectivity index (χ4v) is 3.45. The zero-order valence-corrected chi connectivity index (χ0v) is 17.0. The fourth-order valence-electron chi connectivity index (χ4n) is 3.45. The first-order valence-corrected chi connectivity index (χ1v) is 8.79. The first-order chi connectivity index (χ1) is 11.8. The van der Waals surface area contributed by atoms with E-state index in [-0.39, 0.29) is 24.8 Å². The number of methoxy groups -OCH3 is 1. The molecule has 0 amide bonds. The Hall–Kier alpha value is -1.33. The molecule has 1 aliphatic rings. The first kappa shape index (κ1) is 22.7. The summed E-state index contributed by atoms with van der Waals surface area (Å²) in [5.74, 6) is 0.936. The molecule has 0 radical (unpaired) electrons. The van der Waals surface area contributed by atoms with Crippen LogP contribution >= 0.6 is 24.8 Å². The van der Waals surface area contributed by atoms with E-state index in [2.05, 4.69) is 34.8 Å². The number of aromatic nitrogens is 1. The van der Waals surface area contributed by atoms with Gasteiger partial charge in [-0.2, -0.15) is 0 Å². The van der Waals surface area contributed by atoms with E-state index in [0.717, 1.165) is 23.6 Å². The second kappa shape index (κ2) is 11.4. The van der Waals surface area contributed by atoms with Crippen molar-refractivity contribution in [3.63, 3.8) is 0 Å². The molecule has 0 spiro atoms. The summed E-state index contributed by atoms with van der Waals surface area (Å²) in [4.78, 5) is 4.45. The lowest BCUT2D eigenvalue weighted by molar-refractivity contribution is 0.315. The minimum Gasteiger partial charge on any atom is -0.496 e. The molecule has 1 heterocycles. The molecule has 3 rings (SSSR count). The maximum absolute atomic E-state index is 5.54. The lowest BCUT2D eigenvalue weighted by Gasteiger charge is -2.29. The number of nitrogens with one attached hydrogen (secondary N) is 2. The smallest absolute Gasteiger partial charge is 0.123 e. The molecule has 1 saturated carbocycles. The van der Waals surface area contributed by atoms with Crippen LogP contribution in [0.2, 0.25) is 0 Å². The van der Waals surface area contributed by atoms with Gasteiger partial charge in [0.2, 0.25) is 0 Å². The Bertz CT molecular complexity index is 647. The van der Waals surface area contributed by atoms with E-state index in [0.29, 0.717) is 12.1 Å². The van der Waals surface area contributed by atoms with Crippen molar-refractivity contribution in [3.8, 4) is 17.0 Å². The van der Waals surface area contributed by atoms with Crippen LogP contribution in [0.1, 0.15) is 31.2 Å². The Labute approximate surface area is 169 Å². The Morgan fingerprint density at radius 1 is 1.04 bits per heavy atom. The minimum absolute atomic E-state index is 0. The Balaban J connectivity index is 0.00000169. The fraction of sp³-hybridized carbons (Fsp3) is 0.450. The number of nitrogens with zero attached hydrogens (tertiary/aromatic N) is 1. The number of hydrogen-bond acceptors (Lipinski definition) is 4. The number of pyridine rings is 1. The van der Waals surface area contributed by atoms with Gasteiger partial charge in [0.1, 0.15) is 5.75 Å². The largest absolute Gasteiger partial charge is 0.496 e. The number of rotatable bonds is 6. The van der Waals surface area contributed by atoms with Gasteiger partial charge in [0.25, 0.3) is 0 Å². The molecule has 0 bridgehead atoms. The molecule has 1 fully saturated rings. The van der Waals surface area contributed by atoms with Crippen molar-refractivity contribution in [1.82, 2.24) is 15.6 Å². The molecule has 4 nitrogen and oxygen atoms in total. The van der Waals surface area contributed by atoms with Gasteiger partial charge in [-0.25, -0.2) is 0 Å². The quantitative estimate of drug-likeness (QED) is 0.765. The third-order valence-electron chi connectivity index (χ3n) is 4.96. The van der Waals surface area contributed by atoms with E-state index in [1.165, 1.54) is 31.2 Å². The molecule has 0 saturated heterocycles. The van der Waals surface area contributed by atoms with Gasteiger partial charge in [0.15, 0.2) is 0 Å². The zero-order chi connectivity index (χ0) is 16.8.